The number of halogens is 1. The van der Waals surface area contributed by atoms with Gasteiger partial charge < -0.3 is 14.5 Å². The van der Waals surface area contributed by atoms with Gasteiger partial charge >= 0.3 is 0 Å². The number of anilines is 1. The molecule has 0 saturated carbocycles. The Balaban J connectivity index is 1.53. The van der Waals surface area contributed by atoms with Gasteiger partial charge in [0.25, 0.3) is 0 Å². The van der Waals surface area contributed by atoms with Crippen LogP contribution in [0, 0.1) is 11.7 Å². The van der Waals surface area contributed by atoms with Crippen molar-refractivity contribution in [1.82, 2.24) is 9.80 Å². The molecule has 5 rings (SSSR count). The summed E-state index contributed by atoms with van der Waals surface area (Å²) in [6.45, 7) is 7.14. The van der Waals surface area contributed by atoms with Crippen LogP contribution in [0.25, 0.3) is 0 Å². The summed E-state index contributed by atoms with van der Waals surface area (Å²) in [6.07, 6.45) is 1.32. The number of rotatable bonds is 6. The first-order valence-electron chi connectivity index (χ1n) is 12.7. The first kappa shape index (κ1) is 24.4. The molecule has 2 aromatic rings. The van der Waals surface area contributed by atoms with Crippen molar-refractivity contribution in [3.05, 3.63) is 59.9 Å². The Hall–Kier alpha value is -3.26. The third kappa shape index (κ3) is 4.07. The topological polar surface area (TPSA) is 65.5 Å². The maximum atomic E-state index is 14.3. The molecule has 8 heteroatoms. The maximum absolute atomic E-state index is 14.3. The van der Waals surface area contributed by atoms with E-state index in [1.165, 1.54) is 12.1 Å². The molecular weight excluding hydrogens is 459 g/mol. The Morgan fingerprint density at radius 3 is 2.72 bits per heavy atom. The van der Waals surface area contributed by atoms with E-state index in [1.807, 2.05) is 30.3 Å². The molecule has 36 heavy (non-hydrogen) atoms. The molecule has 0 spiro atoms. The van der Waals surface area contributed by atoms with Crippen molar-refractivity contribution in [2.75, 3.05) is 44.8 Å². The van der Waals surface area contributed by atoms with Crippen molar-refractivity contribution < 1.29 is 18.7 Å². The Kier molecular flexibility index (Phi) is 6.55. The van der Waals surface area contributed by atoms with Gasteiger partial charge in [-0.25, -0.2) is 4.39 Å². The molecular formula is C28H33FN4O3. The largest absolute Gasteiger partial charge is 0.489 e. The number of hydrazone groups is 1. The van der Waals surface area contributed by atoms with Gasteiger partial charge in [0.05, 0.1) is 5.41 Å². The highest BCUT2D eigenvalue weighted by Gasteiger charge is 2.58. The minimum absolute atomic E-state index is 0.0212. The first-order chi connectivity index (χ1) is 17.3. The zero-order valence-electron chi connectivity index (χ0n) is 21.1. The van der Waals surface area contributed by atoms with E-state index in [1.54, 1.807) is 17.9 Å². The normalized spacial score (nSPS) is 24.9. The lowest BCUT2D eigenvalue weighted by Gasteiger charge is -2.45. The molecule has 190 valence electrons. The van der Waals surface area contributed by atoms with Crippen LogP contribution in [-0.2, 0) is 15.0 Å². The van der Waals surface area contributed by atoms with Gasteiger partial charge in [-0.2, -0.15) is 5.10 Å². The average molecular weight is 493 g/mol. The van der Waals surface area contributed by atoms with Crippen molar-refractivity contribution in [2.45, 2.75) is 38.1 Å². The fourth-order valence-electron chi connectivity index (χ4n) is 6.05. The number of Topliss-reactive ketones (excluding diaryl/α,β-unsaturated/α-hetero) is 1. The van der Waals surface area contributed by atoms with Gasteiger partial charge in [-0.1, -0.05) is 37.3 Å². The second kappa shape index (κ2) is 9.65. The van der Waals surface area contributed by atoms with Crippen molar-refractivity contribution >= 4 is 23.1 Å². The van der Waals surface area contributed by atoms with Gasteiger partial charge in [-0.05, 0) is 36.6 Å². The zero-order chi connectivity index (χ0) is 25.4. The van der Waals surface area contributed by atoms with Crippen molar-refractivity contribution in [3.63, 3.8) is 0 Å². The SMILES string of the molecule is CC(=O)C1=NN2c3cc(F)ccc3OCC2[C@]1(c1ccccc1)C(C)CCN1CCC(=O)N(C)CC1. The lowest BCUT2D eigenvalue weighted by atomic mass is 9.61. The van der Waals surface area contributed by atoms with E-state index in [9.17, 15) is 14.0 Å². The minimum Gasteiger partial charge on any atom is -0.489 e. The van der Waals surface area contributed by atoms with Crippen molar-refractivity contribution in [1.29, 1.82) is 0 Å². The monoisotopic (exact) mass is 492 g/mol. The Morgan fingerprint density at radius 2 is 1.97 bits per heavy atom. The molecule has 1 saturated heterocycles. The summed E-state index contributed by atoms with van der Waals surface area (Å²) in [5.41, 5.74) is 1.31. The van der Waals surface area contributed by atoms with Crippen LogP contribution >= 0.6 is 0 Å². The van der Waals surface area contributed by atoms with E-state index in [-0.39, 0.29) is 29.5 Å². The highest BCUT2D eigenvalue weighted by atomic mass is 19.1. The van der Waals surface area contributed by atoms with Gasteiger partial charge in [0, 0.05) is 46.1 Å². The highest BCUT2D eigenvalue weighted by Crippen LogP contribution is 2.50. The van der Waals surface area contributed by atoms with Crippen LogP contribution in [0.3, 0.4) is 0 Å². The van der Waals surface area contributed by atoms with Gasteiger partial charge in [0.1, 0.15) is 35.6 Å². The second-order valence-electron chi connectivity index (χ2n) is 10.1. The van der Waals surface area contributed by atoms with Crippen LogP contribution in [0.2, 0.25) is 0 Å². The number of amides is 1. The lowest BCUT2D eigenvalue weighted by molar-refractivity contribution is -0.129. The van der Waals surface area contributed by atoms with Crippen LogP contribution in [-0.4, -0.2) is 73.1 Å². The molecule has 0 aliphatic carbocycles. The Bertz CT molecular complexity index is 1190. The lowest BCUT2D eigenvalue weighted by Crippen LogP contribution is -2.57. The summed E-state index contributed by atoms with van der Waals surface area (Å²) < 4.78 is 20.4. The van der Waals surface area contributed by atoms with Crippen LogP contribution in [0.5, 0.6) is 5.75 Å². The first-order valence-corrected chi connectivity index (χ1v) is 12.7. The molecule has 0 radical (unpaired) electrons. The van der Waals surface area contributed by atoms with Crippen molar-refractivity contribution in [3.8, 4) is 5.75 Å². The Morgan fingerprint density at radius 1 is 1.19 bits per heavy atom. The quantitative estimate of drug-likeness (QED) is 0.618. The van der Waals surface area contributed by atoms with Gasteiger partial charge in [0.2, 0.25) is 5.91 Å². The summed E-state index contributed by atoms with van der Waals surface area (Å²) in [6, 6.07) is 14.2. The van der Waals surface area contributed by atoms with Gasteiger partial charge in [0.15, 0.2) is 5.78 Å². The molecule has 3 heterocycles. The standard InChI is InChI=1S/C28H33FN4O3/c1-19(11-13-32-14-12-26(35)31(3)15-16-32)28(21-7-5-4-6-8-21)25-18-36-24-10-9-22(29)17-23(24)33(25)30-27(28)20(2)34/h4-10,17,19,25H,11-16,18H2,1-3H3/t19?,25?,28-/m1/s1. The minimum atomic E-state index is -0.727. The molecule has 0 aromatic heterocycles. The number of benzene rings is 2. The van der Waals surface area contributed by atoms with Crippen LogP contribution in [0.1, 0.15) is 32.3 Å². The van der Waals surface area contributed by atoms with Crippen LogP contribution in [0.4, 0.5) is 10.1 Å². The molecule has 2 aromatic carbocycles. The molecule has 3 atom stereocenters. The molecule has 7 nitrogen and oxygen atoms in total. The fourth-order valence-corrected chi connectivity index (χ4v) is 6.05. The van der Waals surface area contributed by atoms with Crippen LogP contribution in [0.15, 0.2) is 53.6 Å². The maximum Gasteiger partial charge on any atom is 0.223 e. The molecule has 1 fully saturated rings. The molecule has 1 amide bonds. The molecule has 3 aliphatic heterocycles. The van der Waals surface area contributed by atoms with E-state index < -0.39 is 5.41 Å². The number of likely N-dealkylation sites (N-methyl/N-ethyl adjacent to an activating group) is 1. The number of ketones is 1. The van der Waals surface area contributed by atoms with E-state index in [0.29, 0.717) is 36.7 Å². The van der Waals surface area contributed by atoms with Crippen LogP contribution < -0.4 is 9.75 Å². The van der Waals surface area contributed by atoms with E-state index in [4.69, 9.17) is 9.84 Å². The number of hydrogen-bond acceptors (Lipinski definition) is 6. The summed E-state index contributed by atoms with van der Waals surface area (Å²) >= 11 is 0. The Labute approximate surface area is 211 Å². The molecule has 3 aliphatic rings. The number of nitrogens with zero attached hydrogens (tertiary/aromatic N) is 4. The fraction of sp³-hybridized carbons (Fsp3) is 0.464. The molecule has 0 N–H and O–H groups in total. The predicted molar refractivity (Wildman–Crippen MR) is 137 cm³/mol. The zero-order valence-corrected chi connectivity index (χ0v) is 21.1. The van der Waals surface area contributed by atoms with E-state index >= 15 is 0 Å². The highest BCUT2D eigenvalue weighted by molar-refractivity contribution is 6.43. The third-order valence-electron chi connectivity index (χ3n) is 8.04. The summed E-state index contributed by atoms with van der Waals surface area (Å²) in [5, 5.41) is 6.67. The van der Waals surface area contributed by atoms with Gasteiger partial charge in [-0.3, -0.25) is 14.6 Å². The molecule has 2 unspecified atom stereocenters. The number of fused-ring (bicyclic) bond motifs is 3. The van der Waals surface area contributed by atoms with E-state index in [0.717, 1.165) is 31.6 Å². The predicted octanol–water partition coefficient (Wildman–Crippen LogP) is 3.48. The number of carbonyl (C=O) groups excluding carboxylic acids is 2. The number of hydrogen-bond donors (Lipinski definition) is 0. The summed E-state index contributed by atoms with van der Waals surface area (Å²) in [5.74, 6) is 0.291. The smallest absolute Gasteiger partial charge is 0.223 e. The number of ether oxygens (including phenoxy) is 1. The van der Waals surface area contributed by atoms with E-state index in [2.05, 4.69) is 24.0 Å². The molecule has 0 bridgehead atoms. The second-order valence-corrected chi connectivity index (χ2v) is 10.1. The summed E-state index contributed by atoms with van der Waals surface area (Å²) in [7, 11) is 1.85. The average Bonchev–Trinajstić information content (AvgIpc) is 3.16. The third-order valence-corrected chi connectivity index (χ3v) is 8.04. The van der Waals surface area contributed by atoms with Gasteiger partial charge in [-0.15, -0.1) is 0 Å². The van der Waals surface area contributed by atoms with Crippen molar-refractivity contribution in [2.24, 2.45) is 11.0 Å². The summed E-state index contributed by atoms with van der Waals surface area (Å²) in [4.78, 5) is 29.4. The number of carbonyl (C=O) groups is 2.